The fourth-order valence-corrected chi connectivity index (χ4v) is 1.54. The SMILES string of the molecule is Cc1noc(NC(=O)c2cc(F)ccc2C#CCCO)n1. The molecule has 0 saturated carbocycles. The molecule has 2 N–H and O–H groups in total. The Morgan fingerprint density at radius 2 is 2.33 bits per heavy atom. The van der Waals surface area contributed by atoms with Crippen molar-refractivity contribution in [1.29, 1.82) is 0 Å². The van der Waals surface area contributed by atoms with Gasteiger partial charge in [-0.2, -0.15) is 4.98 Å². The zero-order chi connectivity index (χ0) is 15.2. The summed E-state index contributed by atoms with van der Waals surface area (Å²) >= 11 is 0. The molecule has 0 atom stereocenters. The number of anilines is 1. The molecule has 1 amide bonds. The van der Waals surface area contributed by atoms with Crippen LogP contribution in [0.1, 0.15) is 28.2 Å². The van der Waals surface area contributed by atoms with Crippen LogP contribution in [0.25, 0.3) is 0 Å². The first-order valence-corrected chi connectivity index (χ1v) is 6.11. The van der Waals surface area contributed by atoms with Gasteiger partial charge in [0.25, 0.3) is 5.91 Å². The normalized spacial score (nSPS) is 9.86. The van der Waals surface area contributed by atoms with Gasteiger partial charge in [0.1, 0.15) is 5.82 Å². The number of nitrogens with zero attached hydrogens (tertiary/aromatic N) is 2. The molecule has 21 heavy (non-hydrogen) atoms. The fourth-order valence-electron chi connectivity index (χ4n) is 1.54. The smallest absolute Gasteiger partial charge is 0.328 e. The summed E-state index contributed by atoms with van der Waals surface area (Å²) in [5, 5.41) is 14.6. The number of carbonyl (C=O) groups excluding carboxylic acids is 1. The van der Waals surface area contributed by atoms with E-state index >= 15 is 0 Å². The zero-order valence-electron chi connectivity index (χ0n) is 11.2. The molecule has 7 heteroatoms. The molecule has 0 saturated heterocycles. The van der Waals surface area contributed by atoms with Crippen LogP contribution in [0.3, 0.4) is 0 Å². The summed E-state index contributed by atoms with van der Waals surface area (Å²) in [6, 6.07) is 3.60. The van der Waals surface area contributed by atoms with Gasteiger partial charge in [0.2, 0.25) is 0 Å². The zero-order valence-corrected chi connectivity index (χ0v) is 11.2. The van der Waals surface area contributed by atoms with Crippen LogP contribution in [0.4, 0.5) is 10.4 Å². The summed E-state index contributed by atoms with van der Waals surface area (Å²) in [7, 11) is 0. The van der Waals surface area contributed by atoms with Crippen molar-refractivity contribution in [3.8, 4) is 11.8 Å². The molecule has 2 aromatic rings. The van der Waals surface area contributed by atoms with Crippen LogP contribution in [-0.4, -0.2) is 27.8 Å². The Hall–Kier alpha value is -2.72. The quantitative estimate of drug-likeness (QED) is 0.836. The number of aliphatic hydroxyl groups is 1. The first-order chi connectivity index (χ1) is 10.1. The monoisotopic (exact) mass is 289 g/mol. The van der Waals surface area contributed by atoms with E-state index in [1.165, 1.54) is 12.1 Å². The summed E-state index contributed by atoms with van der Waals surface area (Å²) in [6.07, 6.45) is 0.265. The minimum absolute atomic E-state index is 0.0521. The molecule has 1 aromatic carbocycles. The number of carbonyl (C=O) groups is 1. The second-order valence-corrected chi connectivity index (χ2v) is 4.07. The van der Waals surface area contributed by atoms with Gasteiger partial charge in [-0.3, -0.25) is 10.1 Å². The van der Waals surface area contributed by atoms with Crippen LogP contribution >= 0.6 is 0 Å². The number of halogens is 1. The molecule has 6 nitrogen and oxygen atoms in total. The third-order valence-electron chi connectivity index (χ3n) is 2.43. The van der Waals surface area contributed by atoms with Crippen molar-refractivity contribution in [1.82, 2.24) is 10.1 Å². The third-order valence-corrected chi connectivity index (χ3v) is 2.43. The number of aromatic nitrogens is 2. The van der Waals surface area contributed by atoms with E-state index in [1.807, 2.05) is 0 Å². The number of amides is 1. The number of benzene rings is 1. The Morgan fingerprint density at radius 3 is 3.00 bits per heavy atom. The van der Waals surface area contributed by atoms with Crippen LogP contribution in [0.2, 0.25) is 0 Å². The Labute approximate surface area is 120 Å². The summed E-state index contributed by atoms with van der Waals surface area (Å²) in [4.78, 5) is 15.9. The van der Waals surface area contributed by atoms with Gasteiger partial charge in [-0.1, -0.05) is 17.0 Å². The van der Waals surface area contributed by atoms with Crippen LogP contribution in [0.15, 0.2) is 22.7 Å². The summed E-state index contributed by atoms with van der Waals surface area (Å²) in [5.41, 5.74) is 0.398. The average Bonchev–Trinajstić information content (AvgIpc) is 2.86. The molecule has 0 unspecified atom stereocenters. The van der Waals surface area contributed by atoms with Gasteiger partial charge < -0.3 is 9.63 Å². The van der Waals surface area contributed by atoms with Gasteiger partial charge in [-0.15, -0.1) is 0 Å². The lowest BCUT2D eigenvalue weighted by atomic mass is 10.1. The van der Waals surface area contributed by atoms with E-state index in [0.29, 0.717) is 11.4 Å². The molecule has 0 fully saturated rings. The molecule has 0 aliphatic carbocycles. The lowest BCUT2D eigenvalue weighted by Crippen LogP contribution is -2.14. The van der Waals surface area contributed by atoms with E-state index in [-0.39, 0.29) is 24.6 Å². The Bertz CT molecular complexity index is 716. The highest BCUT2D eigenvalue weighted by Crippen LogP contribution is 2.13. The minimum Gasteiger partial charge on any atom is -0.395 e. The lowest BCUT2D eigenvalue weighted by molar-refractivity contribution is 0.102. The van der Waals surface area contributed by atoms with E-state index in [4.69, 9.17) is 9.63 Å². The summed E-state index contributed by atoms with van der Waals surface area (Å²) < 4.78 is 18.1. The Balaban J connectivity index is 2.26. The van der Waals surface area contributed by atoms with Gasteiger partial charge in [0.05, 0.1) is 12.2 Å². The maximum atomic E-state index is 13.3. The first kappa shape index (κ1) is 14.7. The van der Waals surface area contributed by atoms with E-state index in [9.17, 15) is 9.18 Å². The number of hydrogen-bond donors (Lipinski definition) is 2. The first-order valence-electron chi connectivity index (χ1n) is 6.11. The number of aliphatic hydroxyl groups excluding tert-OH is 1. The van der Waals surface area contributed by atoms with Crippen molar-refractivity contribution in [2.75, 3.05) is 11.9 Å². The maximum absolute atomic E-state index is 13.3. The van der Waals surface area contributed by atoms with Gasteiger partial charge >= 0.3 is 6.01 Å². The second kappa shape index (κ2) is 6.63. The van der Waals surface area contributed by atoms with E-state index in [2.05, 4.69) is 27.3 Å². The number of hydrogen-bond acceptors (Lipinski definition) is 5. The van der Waals surface area contributed by atoms with Crippen molar-refractivity contribution in [3.05, 3.63) is 41.0 Å². The van der Waals surface area contributed by atoms with Crippen molar-refractivity contribution in [3.63, 3.8) is 0 Å². The minimum atomic E-state index is -0.605. The lowest BCUT2D eigenvalue weighted by Gasteiger charge is -2.03. The summed E-state index contributed by atoms with van der Waals surface area (Å²) in [5.74, 6) is 4.59. The Morgan fingerprint density at radius 1 is 1.52 bits per heavy atom. The van der Waals surface area contributed by atoms with E-state index in [0.717, 1.165) is 6.07 Å². The van der Waals surface area contributed by atoms with Gasteiger partial charge in [0.15, 0.2) is 5.82 Å². The largest absolute Gasteiger partial charge is 0.395 e. The van der Waals surface area contributed by atoms with Crippen molar-refractivity contribution >= 4 is 11.9 Å². The summed E-state index contributed by atoms with van der Waals surface area (Å²) in [6.45, 7) is 1.52. The number of rotatable bonds is 3. The third kappa shape index (κ3) is 3.87. The highest BCUT2D eigenvalue weighted by atomic mass is 19.1. The molecular formula is C14H12FN3O3. The Kier molecular flexibility index (Phi) is 4.64. The highest BCUT2D eigenvalue weighted by molar-refractivity contribution is 6.04. The average molecular weight is 289 g/mol. The van der Waals surface area contributed by atoms with Crippen LogP contribution in [0.5, 0.6) is 0 Å². The van der Waals surface area contributed by atoms with E-state index < -0.39 is 11.7 Å². The molecule has 0 spiro atoms. The molecule has 0 bridgehead atoms. The molecule has 2 rings (SSSR count). The molecule has 1 aromatic heterocycles. The van der Waals surface area contributed by atoms with Crippen LogP contribution in [0, 0.1) is 24.6 Å². The van der Waals surface area contributed by atoms with Crippen molar-refractivity contribution < 1.29 is 18.8 Å². The number of nitrogens with one attached hydrogen (secondary N) is 1. The van der Waals surface area contributed by atoms with Crippen molar-refractivity contribution in [2.24, 2.45) is 0 Å². The van der Waals surface area contributed by atoms with Crippen molar-refractivity contribution in [2.45, 2.75) is 13.3 Å². The highest BCUT2D eigenvalue weighted by Gasteiger charge is 2.14. The predicted molar refractivity (Wildman–Crippen MR) is 72.0 cm³/mol. The van der Waals surface area contributed by atoms with Crippen LogP contribution < -0.4 is 5.32 Å². The maximum Gasteiger partial charge on any atom is 0.328 e. The van der Waals surface area contributed by atoms with Gasteiger partial charge in [-0.25, -0.2) is 4.39 Å². The molecule has 0 aliphatic heterocycles. The molecule has 0 aliphatic rings. The second-order valence-electron chi connectivity index (χ2n) is 4.07. The predicted octanol–water partition coefficient (Wildman–Crippen LogP) is 1.50. The molecule has 0 radical (unpaired) electrons. The van der Waals surface area contributed by atoms with Gasteiger partial charge in [0, 0.05) is 12.0 Å². The van der Waals surface area contributed by atoms with Crippen LogP contribution in [-0.2, 0) is 0 Å². The molecular weight excluding hydrogens is 277 g/mol. The van der Waals surface area contributed by atoms with Gasteiger partial charge in [-0.05, 0) is 25.1 Å². The molecule has 1 heterocycles. The number of aryl methyl sites for hydroxylation is 1. The standard InChI is InChI=1S/C14H12FN3O3/c1-9-16-14(21-18-9)17-13(20)12-8-11(15)6-5-10(12)4-2-3-7-19/h5-6,8,19H,3,7H2,1H3,(H,16,17,18,20). The topological polar surface area (TPSA) is 88.2 Å². The fraction of sp³-hybridized carbons (Fsp3) is 0.214. The van der Waals surface area contributed by atoms with E-state index in [1.54, 1.807) is 6.92 Å². The molecule has 108 valence electrons.